The summed E-state index contributed by atoms with van der Waals surface area (Å²) in [4.78, 5) is 11.8. The number of pyridine rings is 1. The highest BCUT2D eigenvalue weighted by Crippen LogP contribution is 2.28. The van der Waals surface area contributed by atoms with Gasteiger partial charge in [0, 0.05) is 31.1 Å². The summed E-state index contributed by atoms with van der Waals surface area (Å²) >= 11 is 5.96. The zero-order valence-corrected chi connectivity index (χ0v) is 12.9. The van der Waals surface area contributed by atoms with Crippen LogP contribution in [0.15, 0.2) is 12.3 Å². The molecule has 1 fully saturated rings. The Morgan fingerprint density at radius 3 is 3.05 bits per heavy atom. The fourth-order valence-corrected chi connectivity index (χ4v) is 3.32. The highest BCUT2D eigenvalue weighted by Gasteiger charge is 2.24. The summed E-state index contributed by atoms with van der Waals surface area (Å²) < 4.78 is 2.33. The molecule has 5 heteroatoms. The van der Waals surface area contributed by atoms with Crippen molar-refractivity contribution in [2.45, 2.75) is 32.2 Å². The Morgan fingerprint density at radius 1 is 1.45 bits per heavy atom. The molecule has 1 atom stereocenters. The van der Waals surface area contributed by atoms with Gasteiger partial charge in [-0.05, 0) is 45.0 Å². The van der Waals surface area contributed by atoms with Crippen LogP contribution in [0.25, 0.3) is 11.2 Å². The van der Waals surface area contributed by atoms with Crippen LogP contribution in [0.2, 0.25) is 0 Å². The van der Waals surface area contributed by atoms with Gasteiger partial charge in [0.15, 0.2) is 5.65 Å². The Morgan fingerprint density at radius 2 is 2.30 bits per heavy atom. The van der Waals surface area contributed by atoms with Gasteiger partial charge < -0.3 is 9.47 Å². The summed E-state index contributed by atoms with van der Waals surface area (Å²) in [5.74, 6) is 1.68. The highest BCUT2D eigenvalue weighted by atomic mass is 35.5. The number of rotatable bonds is 3. The molecule has 0 spiro atoms. The van der Waals surface area contributed by atoms with Gasteiger partial charge in [-0.15, -0.1) is 11.6 Å². The Labute approximate surface area is 124 Å². The lowest BCUT2D eigenvalue weighted by atomic mass is 10.1. The maximum atomic E-state index is 5.96. The first kappa shape index (κ1) is 13.8. The number of alkyl halides is 1. The molecule has 3 rings (SSSR count). The third kappa shape index (κ3) is 2.42. The summed E-state index contributed by atoms with van der Waals surface area (Å²) in [7, 11) is 2.19. The number of piperidine rings is 1. The van der Waals surface area contributed by atoms with Crippen molar-refractivity contribution in [1.82, 2.24) is 19.4 Å². The first-order chi connectivity index (χ1) is 9.70. The van der Waals surface area contributed by atoms with E-state index in [4.69, 9.17) is 16.6 Å². The zero-order valence-electron chi connectivity index (χ0n) is 12.1. The van der Waals surface area contributed by atoms with Gasteiger partial charge in [-0.25, -0.2) is 9.97 Å². The monoisotopic (exact) mass is 292 g/mol. The molecule has 1 unspecified atom stereocenters. The topological polar surface area (TPSA) is 34.0 Å². The van der Waals surface area contributed by atoms with Crippen molar-refractivity contribution in [2.24, 2.45) is 0 Å². The second kappa shape index (κ2) is 5.70. The van der Waals surface area contributed by atoms with Crippen molar-refractivity contribution in [3.05, 3.63) is 23.7 Å². The van der Waals surface area contributed by atoms with Crippen molar-refractivity contribution in [2.75, 3.05) is 26.0 Å². The number of aryl methyl sites for hydroxylation is 2. The molecule has 1 saturated heterocycles. The smallest absolute Gasteiger partial charge is 0.160 e. The molecular formula is C15H21ClN4. The largest absolute Gasteiger partial charge is 0.308 e. The number of halogens is 1. The van der Waals surface area contributed by atoms with E-state index in [0.717, 1.165) is 30.0 Å². The molecule has 0 amide bonds. The van der Waals surface area contributed by atoms with Crippen LogP contribution >= 0.6 is 11.6 Å². The minimum Gasteiger partial charge on any atom is -0.308 e. The van der Waals surface area contributed by atoms with Gasteiger partial charge >= 0.3 is 0 Å². The van der Waals surface area contributed by atoms with Crippen LogP contribution in [-0.2, 0) is 6.42 Å². The second-order valence-corrected chi connectivity index (χ2v) is 6.07. The zero-order chi connectivity index (χ0) is 14.1. The minimum atomic E-state index is 0.464. The maximum absolute atomic E-state index is 5.96. The van der Waals surface area contributed by atoms with E-state index in [2.05, 4.69) is 28.4 Å². The minimum absolute atomic E-state index is 0.464. The molecule has 4 nitrogen and oxygen atoms in total. The number of imidazole rings is 1. The van der Waals surface area contributed by atoms with Gasteiger partial charge in [-0.3, -0.25) is 0 Å². The quantitative estimate of drug-likeness (QED) is 0.816. The van der Waals surface area contributed by atoms with E-state index in [1.54, 1.807) is 0 Å². The summed E-state index contributed by atoms with van der Waals surface area (Å²) in [5.41, 5.74) is 3.24. The lowest BCUT2D eigenvalue weighted by molar-refractivity contribution is 0.212. The van der Waals surface area contributed by atoms with Crippen molar-refractivity contribution < 1.29 is 0 Å². The van der Waals surface area contributed by atoms with Gasteiger partial charge in [-0.2, -0.15) is 0 Å². The fourth-order valence-electron chi connectivity index (χ4n) is 3.15. The lowest BCUT2D eigenvalue weighted by Crippen LogP contribution is -2.34. The van der Waals surface area contributed by atoms with Crippen molar-refractivity contribution in [3.8, 4) is 0 Å². The number of fused-ring (bicyclic) bond motifs is 1. The summed E-state index contributed by atoms with van der Waals surface area (Å²) in [6.07, 6.45) is 5.11. The molecule has 0 aromatic carbocycles. The predicted octanol–water partition coefficient (Wildman–Crippen LogP) is 2.79. The van der Waals surface area contributed by atoms with Crippen LogP contribution in [0, 0.1) is 6.92 Å². The van der Waals surface area contributed by atoms with Crippen LogP contribution in [-0.4, -0.2) is 45.5 Å². The summed E-state index contributed by atoms with van der Waals surface area (Å²) in [6, 6.07) is 2.49. The third-order valence-electron chi connectivity index (χ3n) is 4.14. The molecule has 0 aliphatic carbocycles. The highest BCUT2D eigenvalue weighted by molar-refractivity contribution is 6.17. The van der Waals surface area contributed by atoms with Crippen LogP contribution in [0.1, 0.15) is 30.3 Å². The number of hydrogen-bond donors (Lipinski definition) is 0. The summed E-state index contributed by atoms with van der Waals surface area (Å²) in [5, 5.41) is 0. The number of likely N-dealkylation sites (N-methyl/N-ethyl adjacent to an activating group) is 1. The Kier molecular flexibility index (Phi) is 3.94. The molecule has 0 N–H and O–H groups in total. The molecule has 0 saturated carbocycles. The van der Waals surface area contributed by atoms with Crippen LogP contribution < -0.4 is 0 Å². The molecule has 3 heterocycles. The fraction of sp³-hybridized carbons (Fsp3) is 0.600. The second-order valence-electron chi connectivity index (χ2n) is 5.70. The van der Waals surface area contributed by atoms with E-state index in [9.17, 15) is 0 Å². The van der Waals surface area contributed by atoms with E-state index in [1.165, 1.54) is 24.9 Å². The molecule has 0 radical (unpaired) electrons. The Bertz CT molecular complexity index is 607. The van der Waals surface area contributed by atoms with Crippen LogP contribution in [0.4, 0.5) is 0 Å². The standard InChI is InChI=1S/C15H21ClN4/c1-11-6-8-17-15-14(11)18-13(5-7-16)20(15)12-4-3-9-19(2)10-12/h6,8,12H,3-5,7,9-10H2,1-2H3. The Hall–Kier alpha value is -1.13. The normalized spacial score (nSPS) is 20.6. The molecular weight excluding hydrogens is 272 g/mol. The predicted molar refractivity (Wildman–Crippen MR) is 82.5 cm³/mol. The van der Waals surface area contributed by atoms with Crippen molar-refractivity contribution in [1.29, 1.82) is 0 Å². The molecule has 1 aliphatic rings. The molecule has 2 aromatic heterocycles. The molecule has 1 aliphatic heterocycles. The van der Waals surface area contributed by atoms with E-state index in [0.29, 0.717) is 11.9 Å². The van der Waals surface area contributed by atoms with E-state index in [1.807, 2.05) is 12.3 Å². The lowest BCUT2D eigenvalue weighted by Gasteiger charge is -2.31. The maximum Gasteiger partial charge on any atom is 0.160 e. The van der Waals surface area contributed by atoms with E-state index < -0.39 is 0 Å². The van der Waals surface area contributed by atoms with Crippen LogP contribution in [0.5, 0.6) is 0 Å². The number of hydrogen-bond acceptors (Lipinski definition) is 3. The van der Waals surface area contributed by atoms with Gasteiger partial charge in [0.2, 0.25) is 0 Å². The molecule has 0 bridgehead atoms. The van der Waals surface area contributed by atoms with Gasteiger partial charge in [0.05, 0.1) is 0 Å². The SMILES string of the molecule is Cc1ccnc2c1nc(CCCl)n2C1CCCN(C)C1. The van der Waals surface area contributed by atoms with E-state index >= 15 is 0 Å². The molecule has 20 heavy (non-hydrogen) atoms. The van der Waals surface area contributed by atoms with Crippen molar-refractivity contribution >= 4 is 22.8 Å². The average molecular weight is 293 g/mol. The first-order valence-corrected chi connectivity index (χ1v) is 7.81. The van der Waals surface area contributed by atoms with E-state index in [-0.39, 0.29) is 0 Å². The number of nitrogens with zero attached hydrogens (tertiary/aromatic N) is 4. The summed E-state index contributed by atoms with van der Waals surface area (Å²) in [6.45, 7) is 4.34. The van der Waals surface area contributed by atoms with Crippen LogP contribution in [0.3, 0.4) is 0 Å². The Balaban J connectivity index is 2.11. The number of likely N-dealkylation sites (tertiary alicyclic amines) is 1. The first-order valence-electron chi connectivity index (χ1n) is 7.27. The molecule has 108 valence electrons. The van der Waals surface area contributed by atoms with Gasteiger partial charge in [0.1, 0.15) is 11.3 Å². The van der Waals surface area contributed by atoms with Gasteiger partial charge in [0.25, 0.3) is 0 Å². The average Bonchev–Trinajstić information content (AvgIpc) is 2.79. The molecule has 2 aromatic rings. The van der Waals surface area contributed by atoms with Gasteiger partial charge in [-0.1, -0.05) is 0 Å². The van der Waals surface area contributed by atoms with Crippen molar-refractivity contribution in [3.63, 3.8) is 0 Å². The number of aromatic nitrogens is 3. The third-order valence-corrected chi connectivity index (χ3v) is 4.33.